The number of carbonyl (C=O) groups excluding carboxylic acids is 2. The molecule has 1 N–H and O–H groups in total. The maximum absolute atomic E-state index is 10.9. The van der Waals surface area contributed by atoms with Crippen molar-refractivity contribution in [2.75, 3.05) is 13.1 Å². The lowest BCUT2D eigenvalue weighted by molar-refractivity contribution is -0.128. The van der Waals surface area contributed by atoms with Crippen molar-refractivity contribution in [2.45, 2.75) is 19.8 Å². The molecule has 1 fully saturated rings. The quantitative estimate of drug-likeness (QED) is 0.637. The Balaban J connectivity index is 2.28. The number of ketones is 1. The SMILES string of the molecule is CC(=O)/C=C/CN1CCCC(=O)N1. The first-order chi connectivity index (χ1) is 6.18. The summed E-state index contributed by atoms with van der Waals surface area (Å²) in [5.41, 5.74) is 2.72. The van der Waals surface area contributed by atoms with E-state index in [1.807, 2.05) is 5.01 Å². The molecule has 1 rings (SSSR count). The highest BCUT2D eigenvalue weighted by atomic mass is 16.2. The Morgan fingerprint density at radius 1 is 1.69 bits per heavy atom. The van der Waals surface area contributed by atoms with E-state index in [0.29, 0.717) is 13.0 Å². The Kier molecular flexibility index (Phi) is 3.64. The van der Waals surface area contributed by atoms with Crippen molar-refractivity contribution in [3.63, 3.8) is 0 Å². The third-order valence-corrected chi connectivity index (χ3v) is 1.79. The molecule has 0 bridgehead atoms. The van der Waals surface area contributed by atoms with Crippen molar-refractivity contribution in [2.24, 2.45) is 0 Å². The van der Waals surface area contributed by atoms with Gasteiger partial charge in [-0.3, -0.25) is 15.0 Å². The zero-order valence-corrected chi connectivity index (χ0v) is 7.75. The van der Waals surface area contributed by atoms with Gasteiger partial charge in [-0.25, -0.2) is 5.01 Å². The van der Waals surface area contributed by atoms with Gasteiger partial charge in [-0.2, -0.15) is 0 Å². The first-order valence-electron chi connectivity index (χ1n) is 4.40. The monoisotopic (exact) mass is 182 g/mol. The third kappa shape index (κ3) is 3.85. The summed E-state index contributed by atoms with van der Waals surface area (Å²) >= 11 is 0. The Morgan fingerprint density at radius 3 is 3.08 bits per heavy atom. The Hall–Kier alpha value is -1.16. The summed E-state index contributed by atoms with van der Waals surface area (Å²) in [6.07, 6.45) is 4.77. The first-order valence-corrected chi connectivity index (χ1v) is 4.40. The maximum Gasteiger partial charge on any atom is 0.234 e. The van der Waals surface area contributed by atoms with Crippen molar-refractivity contribution in [1.82, 2.24) is 10.4 Å². The van der Waals surface area contributed by atoms with E-state index in [9.17, 15) is 9.59 Å². The molecule has 0 spiro atoms. The van der Waals surface area contributed by atoms with Gasteiger partial charge in [0.15, 0.2) is 5.78 Å². The van der Waals surface area contributed by atoms with E-state index in [0.717, 1.165) is 13.0 Å². The fraction of sp³-hybridized carbons (Fsp3) is 0.556. The first kappa shape index (κ1) is 9.92. The molecule has 4 heteroatoms. The molecule has 13 heavy (non-hydrogen) atoms. The van der Waals surface area contributed by atoms with Crippen LogP contribution in [0.5, 0.6) is 0 Å². The summed E-state index contributed by atoms with van der Waals surface area (Å²) in [6.45, 7) is 2.96. The number of nitrogens with one attached hydrogen (secondary N) is 1. The molecule has 1 aliphatic heterocycles. The van der Waals surface area contributed by atoms with Gasteiger partial charge in [0.25, 0.3) is 0 Å². The molecule has 0 saturated carbocycles. The summed E-state index contributed by atoms with van der Waals surface area (Å²) < 4.78 is 0. The normalized spacial score (nSPS) is 19.0. The highest BCUT2D eigenvalue weighted by molar-refractivity contribution is 5.87. The van der Waals surface area contributed by atoms with Crippen LogP contribution in [0.4, 0.5) is 0 Å². The summed E-state index contributed by atoms with van der Waals surface area (Å²) in [5.74, 6) is 0.0887. The summed E-state index contributed by atoms with van der Waals surface area (Å²) in [6, 6.07) is 0. The van der Waals surface area contributed by atoms with Gasteiger partial charge in [-0.15, -0.1) is 0 Å². The van der Waals surface area contributed by atoms with Crippen molar-refractivity contribution in [3.8, 4) is 0 Å². The van der Waals surface area contributed by atoms with Crippen molar-refractivity contribution in [1.29, 1.82) is 0 Å². The average Bonchev–Trinajstić information content (AvgIpc) is 2.03. The summed E-state index contributed by atoms with van der Waals surface area (Å²) in [7, 11) is 0. The molecule has 1 heterocycles. The lowest BCUT2D eigenvalue weighted by Gasteiger charge is -2.25. The minimum Gasteiger partial charge on any atom is -0.295 e. The minimum absolute atomic E-state index is 0.0309. The molecule has 0 aromatic carbocycles. The molecule has 0 aliphatic carbocycles. The van der Waals surface area contributed by atoms with Crippen LogP contribution in [-0.2, 0) is 9.59 Å². The number of carbonyl (C=O) groups is 2. The van der Waals surface area contributed by atoms with Crippen molar-refractivity contribution >= 4 is 11.7 Å². The summed E-state index contributed by atoms with van der Waals surface area (Å²) in [4.78, 5) is 21.5. The second-order valence-electron chi connectivity index (χ2n) is 3.10. The van der Waals surface area contributed by atoms with E-state index in [-0.39, 0.29) is 11.7 Å². The van der Waals surface area contributed by atoms with Crippen LogP contribution in [-0.4, -0.2) is 29.8 Å². The third-order valence-electron chi connectivity index (χ3n) is 1.79. The molecule has 1 saturated heterocycles. The molecule has 0 atom stereocenters. The van der Waals surface area contributed by atoms with E-state index < -0.39 is 0 Å². The number of nitrogens with zero attached hydrogens (tertiary/aromatic N) is 1. The van der Waals surface area contributed by atoms with Crippen LogP contribution in [0.15, 0.2) is 12.2 Å². The van der Waals surface area contributed by atoms with Gasteiger partial charge < -0.3 is 0 Å². The number of hydrazine groups is 1. The molecule has 0 aromatic rings. The average molecular weight is 182 g/mol. The Morgan fingerprint density at radius 2 is 2.46 bits per heavy atom. The van der Waals surface area contributed by atoms with Gasteiger partial charge in [0.1, 0.15) is 0 Å². The second-order valence-corrected chi connectivity index (χ2v) is 3.10. The van der Waals surface area contributed by atoms with Gasteiger partial charge >= 0.3 is 0 Å². The topological polar surface area (TPSA) is 49.4 Å². The van der Waals surface area contributed by atoms with E-state index in [1.165, 1.54) is 13.0 Å². The van der Waals surface area contributed by atoms with E-state index in [2.05, 4.69) is 5.43 Å². The smallest absolute Gasteiger partial charge is 0.234 e. The molecule has 4 nitrogen and oxygen atoms in total. The number of allylic oxidation sites excluding steroid dienone is 1. The van der Waals surface area contributed by atoms with Crippen LogP contribution in [0.1, 0.15) is 19.8 Å². The van der Waals surface area contributed by atoms with Gasteiger partial charge in [0.05, 0.1) is 0 Å². The van der Waals surface area contributed by atoms with Gasteiger partial charge in [0, 0.05) is 19.5 Å². The molecule has 0 radical (unpaired) electrons. The predicted octanol–water partition coefficient (Wildman–Crippen LogP) is 0.259. The molecule has 1 aliphatic rings. The number of amides is 1. The predicted molar refractivity (Wildman–Crippen MR) is 48.8 cm³/mol. The molecule has 0 unspecified atom stereocenters. The Labute approximate surface area is 77.6 Å². The Bertz CT molecular complexity index is 236. The van der Waals surface area contributed by atoms with Crippen LogP contribution in [0.2, 0.25) is 0 Å². The van der Waals surface area contributed by atoms with E-state index in [4.69, 9.17) is 0 Å². The number of hydrogen-bond acceptors (Lipinski definition) is 3. The van der Waals surface area contributed by atoms with E-state index in [1.54, 1.807) is 6.08 Å². The number of hydrogen-bond donors (Lipinski definition) is 1. The molecular formula is C9H14N2O2. The van der Waals surface area contributed by atoms with Gasteiger partial charge in [0.2, 0.25) is 5.91 Å². The number of rotatable bonds is 3. The molecule has 0 aromatic heterocycles. The van der Waals surface area contributed by atoms with Crippen molar-refractivity contribution in [3.05, 3.63) is 12.2 Å². The molecule has 72 valence electrons. The van der Waals surface area contributed by atoms with Crippen LogP contribution in [0.25, 0.3) is 0 Å². The lowest BCUT2D eigenvalue weighted by atomic mass is 10.2. The largest absolute Gasteiger partial charge is 0.295 e. The zero-order valence-electron chi connectivity index (χ0n) is 7.75. The fourth-order valence-electron chi connectivity index (χ4n) is 1.20. The van der Waals surface area contributed by atoms with Crippen LogP contribution in [0.3, 0.4) is 0 Å². The standard InChI is InChI=1S/C9H14N2O2/c1-8(12)4-2-6-11-7-3-5-9(13)10-11/h2,4H,3,5-7H2,1H3,(H,10,13)/b4-2+. The van der Waals surface area contributed by atoms with E-state index >= 15 is 0 Å². The highest BCUT2D eigenvalue weighted by Crippen LogP contribution is 2.00. The van der Waals surface area contributed by atoms with Gasteiger partial charge in [-0.05, 0) is 19.4 Å². The maximum atomic E-state index is 10.9. The lowest BCUT2D eigenvalue weighted by Crippen LogP contribution is -2.46. The zero-order chi connectivity index (χ0) is 9.68. The summed E-state index contributed by atoms with van der Waals surface area (Å²) in [5, 5.41) is 1.81. The minimum atomic E-state index is 0.0309. The van der Waals surface area contributed by atoms with Gasteiger partial charge in [-0.1, -0.05) is 6.08 Å². The second kappa shape index (κ2) is 4.77. The fourth-order valence-corrected chi connectivity index (χ4v) is 1.20. The van der Waals surface area contributed by atoms with Crippen molar-refractivity contribution < 1.29 is 9.59 Å². The van der Waals surface area contributed by atoms with Crippen LogP contribution >= 0.6 is 0 Å². The highest BCUT2D eigenvalue weighted by Gasteiger charge is 2.13. The van der Waals surface area contributed by atoms with Crippen LogP contribution in [0, 0.1) is 0 Å². The molecule has 1 amide bonds. The van der Waals surface area contributed by atoms with Crippen LogP contribution < -0.4 is 5.43 Å². The molecular weight excluding hydrogens is 168 g/mol.